The highest BCUT2D eigenvalue weighted by Crippen LogP contribution is 2.10. The number of amides is 1. The molecule has 1 rings (SSSR count). The minimum Gasteiger partial charge on any atom is -0.373 e. The molecule has 0 saturated carbocycles. The molecule has 14 heavy (non-hydrogen) atoms. The van der Waals surface area contributed by atoms with Crippen molar-refractivity contribution in [2.24, 2.45) is 5.84 Å². The second kappa shape index (κ2) is 4.52. The Labute approximate surface area is 81.9 Å². The minimum atomic E-state index is -0.269. The standard InChI is InChI=1S/C8H13N5O/c1-5-11-4-6(3-7(14)13-9)8(10-2)12-5/h4H,3,9H2,1-2H3,(H,13,14)(H,10,11,12). The van der Waals surface area contributed by atoms with Gasteiger partial charge in [-0.3, -0.25) is 10.2 Å². The molecule has 0 atom stereocenters. The van der Waals surface area contributed by atoms with Crippen molar-refractivity contribution in [3.05, 3.63) is 17.6 Å². The molecule has 76 valence electrons. The average Bonchev–Trinajstić information content (AvgIpc) is 2.20. The molecule has 1 aromatic heterocycles. The summed E-state index contributed by atoms with van der Waals surface area (Å²) in [5, 5.41) is 2.89. The molecule has 1 heterocycles. The summed E-state index contributed by atoms with van der Waals surface area (Å²) in [6.45, 7) is 1.79. The molecule has 6 nitrogen and oxygen atoms in total. The lowest BCUT2D eigenvalue weighted by Gasteiger charge is -2.07. The number of hydrazine groups is 1. The lowest BCUT2D eigenvalue weighted by Crippen LogP contribution is -2.31. The van der Waals surface area contributed by atoms with E-state index in [0.717, 1.165) is 5.56 Å². The molecule has 4 N–H and O–H groups in total. The van der Waals surface area contributed by atoms with Crippen LogP contribution in [0.1, 0.15) is 11.4 Å². The molecule has 0 spiro atoms. The van der Waals surface area contributed by atoms with E-state index in [9.17, 15) is 4.79 Å². The average molecular weight is 195 g/mol. The van der Waals surface area contributed by atoms with E-state index in [0.29, 0.717) is 11.6 Å². The third-order valence-electron chi connectivity index (χ3n) is 1.73. The summed E-state index contributed by atoms with van der Waals surface area (Å²) >= 11 is 0. The van der Waals surface area contributed by atoms with Gasteiger partial charge < -0.3 is 5.32 Å². The van der Waals surface area contributed by atoms with E-state index in [-0.39, 0.29) is 12.3 Å². The van der Waals surface area contributed by atoms with Crippen LogP contribution in [-0.2, 0) is 11.2 Å². The summed E-state index contributed by atoms with van der Waals surface area (Å²) in [7, 11) is 1.74. The summed E-state index contributed by atoms with van der Waals surface area (Å²) in [5.41, 5.74) is 2.78. The third-order valence-corrected chi connectivity index (χ3v) is 1.73. The first kappa shape index (κ1) is 10.4. The van der Waals surface area contributed by atoms with Gasteiger partial charge in [0.1, 0.15) is 11.6 Å². The van der Waals surface area contributed by atoms with Gasteiger partial charge in [0.25, 0.3) is 0 Å². The number of carbonyl (C=O) groups excluding carboxylic acids is 1. The van der Waals surface area contributed by atoms with Crippen LogP contribution in [0.4, 0.5) is 5.82 Å². The third kappa shape index (κ3) is 2.40. The van der Waals surface area contributed by atoms with Crippen LogP contribution in [0.25, 0.3) is 0 Å². The van der Waals surface area contributed by atoms with Gasteiger partial charge in [-0.15, -0.1) is 0 Å². The molecule has 0 aromatic carbocycles. The van der Waals surface area contributed by atoms with E-state index in [4.69, 9.17) is 5.84 Å². The fourth-order valence-corrected chi connectivity index (χ4v) is 1.06. The van der Waals surface area contributed by atoms with E-state index < -0.39 is 0 Å². The predicted molar refractivity (Wildman–Crippen MR) is 52.3 cm³/mol. The van der Waals surface area contributed by atoms with E-state index in [2.05, 4.69) is 20.7 Å². The zero-order valence-corrected chi connectivity index (χ0v) is 8.16. The SMILES string of the molecule is CNc1nc(C)ncc1CC(=O)NN. The predicted octanol–water partition coefficient (Wildman–Crippen LogP) is -0.641. The van der Waals surface area contributed by atoms with Gasteiger partial charge >= 0.3 is 0 Å². The Hall–Kier alpha value is -1.69. The number of rotatable bonds is 3. The van der Waals surface area contributed by atoms with E-state index in [1.54, 1.807) is 20.2 Å². The van der Waals surface area contributed by atoms with Crippen LogP contribution in [0.15, 0.2) is 6.20 Å². The fraction of sp³-hybridized carbons (Fsp3) is 0.375. The van der Waals surface area contributed by atoms with Gasteiger partial charge in [0.15, 0.2) is 0 Å². The molecule has 0 aliphatic carbocycles. The molecule has 0 unspecified atom stereocenters. The van der Waals surface area contributed by atoms with Crippen LogP contribution in [0.3, 0.4) is 0 Å². The first-order valence-corrected chi connectivity index (χ1v) is 4.17. The normalized spacial score (nSPS) is 9.64. The van der Waals surface area contributed by atoms with E-state index in [1.807, 2.05) is 0 Å². The van der Waals surface area contributed by atoms with E-state index >= 15 is 0 Å². The summed E-state index contributed by atoms with van der Waals surface area (Å²) in [6.07, 6.45) is 1.79. The Kier molecular flexibility index (Phi) is 3.35. The zero-order valence-electron chi connectivity index (χ0n) is 8.16. The molecular weight excluding hydrogens is 182 g/mol. The number of aryl methyl sites for hydroxylation is 1. The topological polar surface area (TPSA) is 92.9 Å². The Balaban J connectivity index is 2.90. The van der Waals surface area contributed by atoms with Crippen molar-refractivity contribution in [3.63, 3.8) is 0 Å². The number of nitrogens with one attached hydrogen (secondary N) is 2. The highest BCUT2D eigenvalue weighted by atomic mass is 16.2. The zero-order chi connectivity index (χ0) is 10.6. The van der Waals surface area contributed by atoms with Gasteiger partial charge in [0.2, 0.25) is 5.91 Å². The van der Waals surface area contributed by atoms with Crippen LogP contribution in [0.2, 0.25) is 0 Å². The van der Waals surface area contributed by atoms with Crippen molar-refractivity contribution < 1.29 is 4.79 Å². The maximum absolute atomic E-state index is 11.0. The van der Waals surface area contributed by atoms with Crippen LogP contribution >= 0.6 is 0 Å². The van der Waals surface area contributed by atoms with Crippen molar-refractivity contribution >= 4 is 11.7 Å². The second-order valence-electron chi connectivity index (χ2n) is 2.79. The van der Waals surface area contributed by atoms with Crippen LogP contribution in [0.5, 0.6) is 0 Å². The molecule has 0 saturated heterocycles. The summed E-state index contributed by atoms with van der Waals surface area (Å²) in [5.74, 6) is 6.02. The van der Waals surface area contributed by atoms with Gasteiger partial charge in [-0.25, -0.2) is 15.8 Å². The number of hydrogen-bond acceptors (Lipinski definition) is 5. The number of nitrogens with two attached hydrogens (primary N) is 1. The lowest BCUT2D eigenvalue weighted by molar-refractivity contribution is -0.120. The molecule has 0 bridgehead atoms. The molecule has 0 aliphatic heterocycles. The first-order chi connectivity index (χ1) is 6.67. The Bertz CT molecular complexity index is 339. The van der Waals surface area contributed by atoms with Gasteiger partial charge in [-0.05, 0) is 6.92 Å². The van der Waals surface area contributed by atoms with Crippen molar-refractivity contribution in [1.29, 1.82) is 0 Å². The number of hydrogen-bond donors (Lipinski definition) is 3. The van der Waals surface area contributed by atoms with Crippen molar-refractivity contribution in [2.75, 3.05) is 12.4 Å². The van der Waals surface area contributed by atoms with Crippen LogP contribution in [0, 0.1) is 6.92 Å². The Morgan fingerprint density at radius 1 is 1.64 bits per heavy atom. The minimum absolute atomic E-state index is 0.174. The Morgan fingerprint density at radius 3 is 2.93 bits per heavy atom. The monoisotopic (exact) mass is 195 g/mol. The molecule has 1 aromatic rings. The van der Waals surface area contributed by atoms with Crippen molar-refractivity contribution in [1.82, 2.24) is 15.4 Å². The highest BCUT2D eigenvalue weighted by molar-refractivity contribution is 5.79. The summed E-state index contributed by atoms with van der Waals surface area (Å²) < 4.78 is 0. The maximum atomic E-state index is 11.0. The summed E-state index contributed by atoms with van der Waals surface area (Å²) in [6, 6.07) is 0. The fourth-order valence-electron chi connectivity index (χ4n) is 1.06. The highest BCUT2D eigenvalue weighted by Gasteiger charge is 2.07. The molecule has 0 aliphatic rings. The van der Waals surface area contributed by atoms with Crippen molar-refractivity contribution in [3.8, 4) is 0 Å². The van der Waals surface area contributed by atoms with Crippen molar-refractivity contribution in [2.45, 2.75) is 13.3 Å². The quantitative estimate of drug-likeness (QED) is 0.339. The van der Waals surface area contributed by atoms with Gasteiger partial charge in [0, 0.05) is 18.8 Å². The van der Waals surface area contributed by atoms with Gasteiger partial charge in [0.05, 0.1) is 6.42 Å². The molecule has 1 amide bonds. The maximum Gasteiger partial charge on any atom is 0.238 e. The summed E-state index contributed by atoms with van der Waals surface area (Å²) in [4.78, 5) is 19.2. The number of anilines is 1. The second-order valence-corrected chi connectivity index (χ2v) is 2.79. The largest absolute Gasteiger partial charge is 0.373 e. The molecule has 6 heteroatoms. The molecule has 0 fully saturated rings. The smallest absolute Gasteiger partial charge is 0.238 e. The number of nitrogens with zero attached hydrogens (tertiary/aromatic N) is 2. The van der Waals surface area contributed by atoms with Gasteiger partial charge in [-0.2, -0.15) is 0 Å². The number of aromatic nitrogens is 2. The first-order valence-electron chi connectivity index (χ1n) is 4.17. The van der Waals surface area contributed by atoms with E-state index in [1.165, 1.54) is 0 Å². The molecule has 0 radical (unpaired) electrons. The van der Waals surface area contributed by atoms with Crippen LogP contribution < -0.4 is 16.6 Å². The lowest BCUT2D eigenvalue weighted by atomic mass is 10.2. The molecular formula is C8H13N5O. The Morgan fingerprint density at radius 2 is 2.36 bits per heavy atom. The number of carbonyl (C=O) groups is 1. The van der Waals surface area contributed by atoms with Crippen LogP contribution in [-0.4, -0.2) is 22.9 Å². The van der Waals surface area contributed by atoms with Gasteiger partial charge in [-0.1, -0.05) is 0 Å².